The van der Waals surface area contributed by atoms with Gasteiger partial charge in [-0.15, -0.1) is 0 Å². The molecule has 8 nitrogen and oxygen atoms in total. The Morgan fingerprint density at radius 2 is 1.85 bits per heavy atom. The van der Waals surface area contributed by atoms with Gasteiger partial charge in [-0.25, -0.2) is 0 Å². The number of aromatic hydroxyl groups is 1. The number of hydrogen-bond acceptors (Lipinski definition) is 6. The van der Waals surface area contributed by atoms with Crippen molar-refractivity contribution < 1.29 is 24.9 Å². The van der Waals surface area contributed by atoms with Gasteiger partial charge in [0.2, 0.25) is 0 Å². The fourth-order valence-corrected chi connectivity index (χ4v) is 4.63. The van der Waals surface area contributed by atoms with Crippen LogP contribution in [0.2, 0.25) is 0 Å². The first-order valence-electron chi connectivity index (χ1n) is 13.4. The molecule has 0 unspecified atom stereocenters. The number of fused-ring (bicyclic) bond motifs is 1. The van der Waals surface area contributed by atoms with E-state index in [1.165, 1.54) is 6.07 Å². The van der Waals surface area contributed by atoms with Gasteiger partial charge in [-0.3, -0.25) is 4.79 Å². The number of ether oxygens (including phenoxy) is 1. The van der Waals surface area contributed by atoms with Crippen LogP contribution < -0.4 is 15.4 Å². The highest BCUT2D eigenvalue weighted by Crippen LogP contribution is 2.23. The molecule has 0 aliphatic rings. The Bertz CT molecular complexity index is 1400. The SMILES string of the molecule is CCOc1ccccc1CNC(=O)c1cc2cc(C[C@@H](CC)NC[C@H](O)c3ccc(O)c(CO)c3)ccc2[nH]1. The molecule has 1 heterocycles. The van der Waals surface area contributed by atoms with E-state index in [1.807, 2.05) is 49.4 Å². The maximum Gasteiger partial charge on any atom is 0.267 e. The number of aliphatic hydroxyl groups is 2. The van der Waals surface area contributed by atoms with Crippen LogP contribution in [0.25, 0.3) is 10.9 Å². The number of hydrogen-bond donors (Lipinski definition) is 6. The van der Waals surface area contributed by atoms with E-state index in [0.717, 1.165) is 40.6 Å². The number of rotatable bonds is 13. The Labute approximate surface area is 228 Å². The third kappa shape index (κ3) is 7.17. The molecule has 1 amide bonds. The standard InChI is InChI=1S/C31H37N3O5/c1-3-25(32-18-29(37)21-10-12-28(36)24(15-21)19-35)14-20-9-11-26-23(13-20)16-27(34-26)31(38)33-17-22-7-5-6-8-30(22)39-4-2/h5-13,15-16,25,29,32,34-37H,3-4,14,17-19H2,1-2H3,(H,33,38)/t25-,29+/m1/s1. The molecule has 0 aliphatic carbocycles. The van der Waals surface area contributed by atoms with Crippen LogP contribution in [0.4, 0.5) is 0 Å². The average Bonchev–Trinajstić information content (AvgIpc) is 3.38. The summed E-state index contributed by atoms with van der Waals surface area (Å²) < 4.78 is 5.65. The topological polar surface area (TPSA) is 127 Å². The molecule has 0 saturated heterocycles. The summed E-state index contributed by atoms with van der Waals surface area (Å²) in [6.07, 6.45) is 0.864. The zero-order chi connectivity index (χ0) is 27.8. The molecule has 39 heavy (non-hydrogen) atoms. The molecule has 0 aliphatic heterocycles. The van der Waals surface area contributed by atoms with Gasteiger partial charge in [-0.05, 0) is 67.3 Å². The summed E-state index contributed by atoms with van der Waals surface area (Å²) in [5, 5.41) is 37.1. The lowest BCUT2D eigenvalue weighted by Crippen LogP contribution is -2.34. The van der Waals surface area contributed by atoms with Gasteiger partial charge >= 0.3 is 0 Å². The fraction of sp³-hybridized carbons (Fsp3) is 0.323. The molecule has 0 spiro atoms. The molecule has 6 N–H and O–H groups in total. The molecule has 4 rings (SSSR count). The lowest BCUT2D eigenvalue weighted by Gasteiger charge is -2.20. The van der Waals surface area contributed by atoms with Gasteiger partial charge in [0.05, 0.1) is 19.3 Å². The van der Waals surface area contributed by atoms with Crippen LogP contribution in [-0.4, -0.2) is 45.4 Å². The van der Waals surface area contributed by atoms with E-state index in [4.69, 9.17) is 4.74 Å². The zero-order valence-corrected chi connectivity index (χ0v) is 22.4. The number of H-pyrrole nitrogens is 1. The average molecular weight is 532 g/mol. The Morgan fingerprint density at radius 1 is 1.03 bits per heavy atom. The van der Waals surface area contributed by atoms with Crippen LogP contribution in [-0.2, 0) is 19.6 Å². The van der Waals surface area contributed by atoms with E-state index in [-0.39, 0.29) is 24.3 Å². The summed E-state index contributed by atoms with van der Waals surface area (Å²) in [7, 11) is 0. The molecule has 8 heteroatoms. The summed E-state index contributed by atoms with van der Waals surface area (Å²) in [6.45, 7) is 5.02. The van der Waals surface area contributed by atoms with Crippen molar-refractivity contribution in [2.75, 3.05) is 13.2 Å². The van der Waals surface area contributed by atoms with E-state index in [2.05, 4.69) is 28.6 Å². The highest BCUT2D eigenvalue weighted by Gasteiger charge is 2.15. The Balaban J connectivity index is 1.36. The minimum atomic E-state index is -0.765. The predicted molar refractivity (Wildman–Crippen MR) is 152 cm³/mol. The summed E-state index contributed by atoms with van der Waals surface area (Å²) in [6, 6.07) is 20.6. The third-order valence-electron chi connectivity index (χ3n) is 6.88. The van der Waals surface area contributed by atoms with E-state index in [1.54, 1.807) is 12.1 Å². The van der Waals surface area contributed by atoms with Gasteiger partial charge < -0.3 is 35.7 Å². The minimum Gasteiger partial charge on any atom is -0.508 e. The number of aromatic amines is 1. The Morgan fingerprint density at radius 3 is 2.62 bits per heavy atom. The minimum absolute atomic E-state index is 0.0144. The molecule has 206 valence electrons. The van der Waals surface area contributed by atoms with Gasteiger partial charge in [0, 0.05) is 41.2 Å². The molecule has 0 radical (unpaired) electrons. The molecule has 1 aromatic heterocycles. The molecular weight excluding hydrogens is 494 g/mol. The van der Waals surface area contributed by atoms with Crippen molar-refractivity contribution in [2.45, 2.75) is 52.0 Å². The molecule has 0 fully saturated rings. The number of amides is 1. The van der Waals surface area contributed by atoms with E-state index >= 15 is 0 Å². The number of nitrogens with one attached hydrogen (secondary N) is 3. The maximum atomic E-state index is 12.8. The first-order chi connectivity index (χ1) is 18.9. The van der Waals surface area contributed by atoms with Crippen LogP contribution in [0, 0.1) is 0 Å². The number of benzene rings is 3. The Hall–Kier alpha value is -3.85. The molecular formula is C31H37N3O5. The maximum absolute atomic E-state index is 12.8. The van der Waals surface area contributed by atoms with Gasteiger partial charge in [-0.2, -0.15) is 0 Å². The highest BCUT2D eigenvalue weighted by atomic mass is 16.5. The zero-order valence-electron chi connectivity index (χ0n) is 22.4. The molecule has 2 atom stereocenters. The van der Waals surface area contributed by atoms with Gasteiger partial charge in [0.25, 0.3) is 5.91 Å². The molecule has 3 aromatic carbocycles. The summed E-state index contributed by atoms with van der Waals surface area (Å²) in [4.78, 5) is 16.1. The van der Waals surface area contributed by atoms with Gasteiger partial charge in [0.15, 0.2) is 0 Å². The summed E-state index contributed by atoms with van der Waals surface area (Å²) >= 11 is 0. The number of carbonyl (C=O) groups is 1. The molecule has 0 saturated carbocycles. The number of para-hydroxylation sites is 1. The Kier molecular flexibility index (Phi) is 9.59. The van der Waals surface area contributed by atoms with Crippen molar-refractivity contribution in [2.24, 2.45) is 0 Å². The lowest BCUT2D eigenvalue weighted by molar-refractivity contribution is 0.0946. The smallest absolute Gasteiger partial charge is 0.267 e. The summed E-state index contributed by atoms with van der Waals surface area (Å²) in [5.41, 5.74) is 4.47. The molecule has 0 bridgehead atoms. The quantitative estimate of drug-likeness (QED) is 0.152. The second-order valence-corrected chi connectivity index (χ2v) is 9.61. The lowest BCUT2D eigenvalue weighted by atomic mass is 10.0. The van der Waals surface area contributed by atoms with Crippen LogP contribution in [0.1, 0.15) is 59.1 Å². The van der Waals surface area contributed by atoms with E-state index in [0.29, 0.717) is 36.5 Å². The first kappa shape index (κ1) is 28.2. The second-order valence-electron chi connectivity index (χ2n) is 9.61. The highest BCUT2D eigenvalue weighted by molar-refractivity contribution is 5.98. The van der Waals surface area contributed by atoms with Crippen molar-refractivity contribution in [1.82, 2.24) is 15.6 Å². The van der Waals surface area contributed by atoms with Crippen molar-refractivity contribution >= 4 is 16.8 Å². The number of phenols is 1. The third-order valence-corrected chi connectivity index (χ3v) is 6.88. The monoisotopic (exact) mass is 531 g/mol. The first-order valence-corrected chi connectivity index (χ1v) is 13.4. The number of carbonyl (C=O) groups excluding carboxylic acids is 1. The van der Waals surface area contributed by atoms with Crippen LogP contribution in [0.15, 0.2) is 66.7 Å². The predicted octanol–water partition coefficient (Wildman–Crippen LogP) is 4.34. The van der Waals surface area contributed by atoms with Crippen LogP contribution in [0.5, 0.6) is 11.5 Å². The van der Waals surface area contributed by atoms with E-state index < -0.39 is 6.10 Å². The van der Waals surface area contributed by atoms with E-state index in [9.17, 15) is 20.1 Å². The normalized spacial score (nSPS) is 12.8. The fourth-order valence-electron chi connectivity index (χ4n) is 4.63. The summed E-state index contributed by atoms with van der Waals surface area (Å²) in [5.74, 6) is 0.603. The molecule has 4 aromatic rings. The van der Waals surface area contributed by atoms with Crippen LogP contribution >= 0.6 is 0 Å². The van der Waals surface area contributed by atoms with Crippen molar-refractivity contribution in [3.8, 4) is 11.5 Å². The van der Waals surface area contributed by atoms with Crippen molar-refractivity contribution in [3.05, 3.63) is 94.7 Å². The largest absolute Gasteiger partial charge is 0.508 e. The number of aromatic nitrogens is 1. The van der Waals surface area contributed by atoms with Crippen molar-refractivity contribution in [1.29, 1.82) is 0 Å². The van der Waals surface area contributed by atoms with Crippen molar-refractivity contribution in [3.63, 3.8) is 0 Å². The van der Waals surface area contributed by atoms with Crippen LogP contribution in [0.3, 0.4) is 0 Å². The van der Waals surface area contributed by atoms with Gasteiger partial charge in [0.1, 0.15) is 17.2 Å². The van der Waals surface area contributed by atoms with Gasteiger partial charge in [-0.1, -0.05) is 37.3 Å². The number of aliphatic hydroxyl groups excluding tert-OH is 2. The second kappa shape index (κ2) is 13.3.